The summed E-state index contributed by atoms with van der Waals surface area (Å²) >= 11 is 0. The predicted octanol–water partition coefficient (Wildman–Crippen LogP) is 1.76. The number of carbonyl (C=O) groups excluding carboxylic acids is 1. The Balaban J connectivity index is 2.00. The molecule has 1 aromatic heterocycles. The summed E-state index contributed by atoms with van der Waals surface area (Å²) in [5, 5.41) is 9.13. The molecule has 1 N–H and O–H groups in total. The molecule has 4 nitrogen and oxygen atoms in total. The van der Waals surface area contributed by atoms with Gasteiger partial charge in [0.1, 0.15) is 5.69 Å². The van der Waals surface area contributed by atoms with Gasteiger partial charge in [0.2, 0.25) is 0 Å². The molecule has 104 valence electrons. The normalized spacial score (nSPS) is 10.7. The Labute approximate surface area is 118 Å². The summed E-state index contributed by atoms with van der Waals surface area (Å²) in [5.41, 5.74) is 1.58. The molecule has 0 atom stereocenters. The van der Waals surface area contributed by atoms with Crippen LogP contribution in [-0.2, 0) is 6.54 Å². The Bertz CT molecular complexity index is 529. The van der Waals surface area contributed by atoms with Crippen LogP contribution in [0.15, 0.2) is 54.7 Å². The van der Waals surface area contributed by atoms with Crippen molar-refractivity contribution >= 4 is 5.78 Å². The third kappa shape index (κ3) is 4.26. The lowest BCUT2D eigenvalue weighted by Crippen LogP contribution is -2.32. The second-order valence-electron chi connectivity index (χ2n) is 4.56. The summed E-state index contributed by atoms with van der Waals surface area (Å²) < 4.78 is 0. The molecule has 4 heteroatoms. The molecule has 0 saturated heterocycles. The highest BCUT2D eigenvalue weighted by Crippen LogP contribution is 2.06. The molecule has 0 aliphatic rings. The number of ketones is 1. The quantitative estimate of drug-likeness (QED) is 0.779. The van der Waals surface area contributed by atoms with Crippen LogP contribution >= 0.6 is 0 Å². The molecular formula is C16H18N2O2. The Morgan fingerprint density at radius 3 is 2.50 bits per heavy atom. The van der Waals surface area contributed by atoms with E-state index in [1.165, 1.54) is 0 Å². The molecule has 0 fully saturated rings. The zero-order valence-corrected chi connectivity index (χ0v) is 11.3. The van der Waals surface area contributed by atoms with Crippen molar-refractivity contribution < 1.29 is 9.90 Å². The molecule has 0 amide bonds. The zero-order chi connectivity index (χ0) is 14.2. The number of aromatic nitrogens is 1. The third-order valence-corrected chi connectivity index (χ3v) is 2.98. The number of hydrogen-bond donors (Lipinski definition) is 1. The highest BCUT2D eigenvalue weighted by atomic mass is 16.3. The van der Waals surface area contributed by atoms with Gasteiger partial charge in [-0.15, -0.1) is 0 Å². The van der Waals surface area contributed by atoms with Crippen LogP contribution in [0.4, 0.5) is 0 Å². The van der Waals surface area contributed by atoms with Crippen LogP contribution in [0.3, 0.4) is 0 Å². The second-order valence-corrected chi connectivity index (χ2v) is 4.56. The molecule has 0 unspecified atom stereocenters. The van der Waals surface area contributed by atoms with Crippen molar-refractivity contribution in [1.29, 1.82) is 0 Å². The topological polar surface area (TPSA) is 53.4 Å². The van der Waals surface area contributed by atoms with Gasteiger partial charge in [-0.25, -0.2) is 0 Å². The molecule has 0 aliphatic heterocycles. The fourth-order valence-electron chi connectivity index (χ4n) is 2.01. The number of carbonyl (C=O) groups is 1. The molecule has 20 heavy (non-hydrogen) atoms. The minimum Gasteiger partial charge on any atom is -0.395 e. The zero-order valence-electron chi connectivity index (χ0n) is 11.3. The van der Waals surface area contributed by atoms with E-state index in [2.05, 4.69) is 4.98 Å². The average molecular weight is 270 g/mol. The van der Waals surface area contributed by atoms with Crippen LogP contribution in [-0.4, -0.2) is 40.5 Å². The van der Waals surface area contributed by atoms with Gasteiger partial charge < -0.3 is 5.11 Å². The van der Waals surface area contributed by atoms with E-state index in [-0.39, 0.29) is 18.9 Å². The Hall–Kier alpha value is -2.04. The fourth-order valence-corrected chi connectivity index (χ4v) is 2.01. The highest BCUT2D eigenvalue weighted by molar-refractivity contribution is 5.95. The van der Waals surface area contributed by atoms with E-state index >= 15 is 0 Å². The Morgan fingerprint density at radius 1 is 1.10 bits per heavy atom. The lowest BCUT2D eigenvalue weighted by Gasteiger charge is -2.20. The minimum absolute atomic E-state index is 0.0301. The van der Waals surface area contributed by atoms with Crippen LogP contribution in [0.2, 0.25) is 0 Å². The Morgan fingerprint density at radius 2 is 1.85 bits per heavy atom. The van der Waals surface area contributed by atoms with E-state index in [1.807, 2.05) is 35.2 Å². The van der Waals surface area contributed by atoms with E-state index in [0.717, 1.165) is 5.56 Å². The summed E-state index contributed by atoms with van der Waals surface area (Å²) in [6.45, 7) is 1.39. The summed E-state index contributed by atoms with van der Waals surface area (Å²) in [6, 6.07) is 15.2. The molecule has 2 aromatic rings. The van der Waals surface area contributed by atoms with Crippen LogP contribution in [0.25, 0.3) is 0 Å². The molecule has 1 heterocycles. The monoisotopic (exact) mass is 270 g/mol. The standard InChI is InChI=1S/C16H18N2O2/c19-11-10-18(12-14-6-2-1-3-7-14)13-16(20)15-8-4-5-9-17-15/h1-9,19H,10-13H2. The van der Waals surface area contributed by atoms with Crippen LogP contribution in [0, 0.1) is 0 Å². The van der Waals surface area contributed by atoms with Crippen molar-refractivity contribution in [3.63, 3.8) is 0 Å². The van der Waals surface area contributed by atoms with Gasteiger partial charge in [-0.05, 0) is 17.7 Å². The Kier molecular flexibility index (Phi) is 5.41. The second kappa shape index (κ2) is 7.53. The molecule has 0 spiro atoms. The number of pyridine rings is 1. The van der Waals surface area contributed by atoms with Crippen molar-refractivity contribution in [1.82, 2.24) is 9.88 Å². The number of aliphatic hydroxyl groups is 1. The minimum atomic E-state index is -0.0324. The third-order valence-electron chi connectivity index (χ3n) is 2.98. The SMILES string of the molecule is O=C(CN(CCO)Cc1ccccc1)c1ccccn1. The van der Waals surface area contributed by atoms with Crippen LogP contribution < -0.4 is 0 Å². The molecule has 2 rings (SSSR count). The maximum atomic E-state index is 12.1. The first-order valence-corrected chi connectivity index (χ1v) is 6.61. The van der Waals surface area contributed by atoms with E-state index < -0.39 is 0 Å². The molecule has 0 saturated carbocycles. The average Bonchev–Trinajstić information content (AvgIpc) is 2.49. The summed E-state index contributed by atoms with van der Waals surface area (Å²) in [6.07, 6.45) is 1.61. The van der Waals surface area contributed by atoms with Gasteiger partial charge in [0.15, 0.2) is 5.78 Å². The summed E-state index contributed by atoms with van der Waals surface area (Å²) in [5.74, 6) is -0.0324. The van der Waals surface area contributed by atoms with E-state index in [0.29, 0.717) is 18.8 Å². The van der Waals surface area contributed by atoms with Crippen molar-refractivity contribution in [2.45, 2.75) is 6.54 Å². The summed E-state index contributed by atoms with van der Waals surface area (Å²) in [7, 11) is 0. The van der Waals surface area contributed by atoms with Crippen molar-refractivity contribution in [2.24, 2.45) is 0 Å². The van der Waals surface area contributed by atoms with Crippen molar-refractivity contribution in [3.8, 4) is 0 Å². The number of benzene rings is 1. The van der Waals surface area contributed by atoms with Gasteiger partial charge >= 0.3 is 0 Å². The van der Waals surface area contributed by atoms with Crippen LogP contribution in [0.1, 0.15) is 16.1 Å². The summed E-state index contributed by atoms with van der Waals surface area (Å²) in [4.78, 5) is 18.1. The van der Waals surface area contributed by atoms with Gasteiger partial charge in [0.05, 0.1) is 13.2 Å². The maximum absolute atomic E-state index is 12.1. The fraction of sp³-hybridized carbons (Fsp3) is 0.250. The number of rotatable bonds is 7. The predicted molar refractivity (Wildman–Crippen MR) is 77.4 cm³/mol. The van der Waals surface area contributed by atoms with Gasteiger partial charge in [0, 0.05) is 19.3 Å². The van der Waals surface area contributed by atoms with Crippen LogP contribution in [0.5, 0.6) is 0 Å². The molecule has 0 radical (unpaired) electrons. The number of aliphatic hydroxyl groups excluding tert-OH is 1. The maximum Gasteiger partial charge on any atom is 0.195 e. The number of Topliss-reactive ketones (excluding diaryl/α,β-unsaturated/α-hetero) is 1. The highest BCUT2D eigenvalue weighted by Gasteiger charge is 2.13. The van der Waals surface area contributed by atoms with Gasteiger partial charge in [-0.2, -0.15) is 0 Å². The largest absolute Gasteiger partial charge is 0.395 e. The van der Waals surface area contributed by atoms with Gasteiger partial charge in [-0.1, -0.05) is 36.4 Å². The van der Waals surface area contributed by atoms with E-state index in [1.54, 1.807) is 24.4 Å². The first kappa shape index (κ1) is 14.4. The van der Waals surface area contributed by atoms with Gasteiger partial charge in [0.25, 0.3) is 0 Å². The van der Waals surface area contributed by atoms with E-state index in [4.69, 9.17) is 5.11 Å². The first-order chi connectivity index (χ1) is 9.79. The number of nitrogens with zero attached hydrogens (tertiary/aromatic N) is 2. The molecule has 0 bridgehead atoms. The van der Waals surface area contributed by atoms with Crippen molar-refractivity contribution in [2.75, 3.05) is 19.7 Å². The molecular weight excluding hydrogens is 252 g/mol. The lowest BCUT2D eigenvalue weighted by molar-refractivity contribution is 0.0903. The first-order valence-electron chi connectivity index (χ1n) is 6.61. The smallest absolute Gasteiger partial charge is 0.195 e. The molecule has 1 aromatic carbocycles. The molecule has 0 aliphatic carbocycles. The van der Waals surface area contributed by atoms with E-state index in [9.17, 15) is 4.79 Å². The lowest BCUT2D eigenvalue weighted by atomic mass is 10.2. The van der Waals surface area contributed by atoms with Crippen molar-refractivity contribution in [3.05, 3.63) is 66.0 Å². The van der Waals surface area contributed by atoms with Gasteiger partial charge in [-0.3, -0.25) is 14.7 Å². The number of hydrogen-bond acceptors (Lipinski definition) is 4.